The van der Waals surface area contributed by atoms with Gasteiger partial charge in [0.1, 0.15) is 0 Å². The van der Waals surface area contributed by atoms with Gasteiger partial charge in [-0.25, -0.2) is 0 Å². The molecule has 0 unspecified atom stereocenters. The Morgan fingerprint density at radius 3 is 2.41 bits per heavy atom. The molecule has 0 spiro atoms. The van der Waals surface area contributed by atoms with E-state index in [4.69, 9.17) is 0 Å². The highest BCUT2D eigenvalue weighted by atomic mass is 15.1. The molecule has 2 aromatic rings. The first-order chi connectivity index (χ1) is 8.34. The average Bonchev–Trinajstić information content (AvgIpc) is 2.39. The largest absolute Gasteiger partial charge is 0.367 e. The first-order valence-electron chi connectivity index (χ1n) is 6.22. The summed E-state index contributed by atoms with van der Waals surface area (Å²) in [6, 6.07) is 17.4. The lowest BCUT2D eigenvalue weighted by Crippen LogP contribution is -2.30. The van der Waals surface area contributed by atoms with Gasteiger partial charge in [0.15, 0.2) is 0 Å². The summed E-state index contributed by atoms with van der Waals surface area (Å²) in [4.78, 5) is 2.48. The number of para-hydroxylation sites is 1. The number of hydrogen-bond acceptors (Lipinski definition) is 1. The van der Waals surface area contributed by atoms with Gasteiger partial charge in [-0.15, -0.1) is 0 Å². The summed E-state index contributed by atoms with van der Waals surface area (Å²) in [5, 5.41) is 0. The minimum Gasteiger partial charge on any atom is -0.367 e. The predicted octanol–water partition coefficient (Wildman–Crippen LogP) is 3.56. The molecule has 1 aliphatic heterocycles. The van der Waals surface area contributed by atoms with Crippen molar-refractivity contribution in [2.75, 3.05) is 11.4 Å². The van der Waals surface area contributed by atoms with E-state index in [9.17, 15) is 0 Å². The van der Waals surface area contributed by atoms with Crippen molar-refractivity contribution in [1.82, 2.24) is 0 Å². The number of aryl methyl sites for hydroxylation is 1. The Kier molecular flexibility index (Phi) is 2.60. The smallest absolute Gasteiger partial charge is 0.0432 e. The van der Waals surface area contributed by atoms with E-state index in [1.54, 1.807) is 0 Å². The highest BCUT2D eigenvalue weighted by Crippen LogP contribution is 2.26. The Balaban J connectivity index is 1.92. The van der Waals surface area contributed by atoms with Gasteiger partial charge in [0, 0.05) is 18.8 Å². The molecular weight excluding hydrogens is 206 g/mol. The maximum atomic E-state index is 2.48. The van der Waals surface area contributed by atoms with E-state index >= 15 is 0 Å². The van der Waals surface area contributed by atoms with Crippen LogP contribution < -0.4 is 4.90 Å². The zero-order chi connectivity index (χ0) is 11.7. The van der Waals surface area contributed by atoms with E-state index in [-0.39, 0.29) is 0 Å². The van der Waals surface area contributed by atoms with Crippen molar-refractivity contribution >= 4 is 5.69 Å². The molecule has 0 N–H and O–H groups in total. The van der Waals surface area contributed by atoms with Crippen LogP contribution in [-0.2, 0) is 13.0 Å². The summed E-state index contributed by atoms with van der Waals surface area (Å²) < 4.78 is 0. The van der Waals surface area contributed by atoms with E-state index < -0.39 is 0 Å². The van der Waals surface area contributed by atoms with Crippen LogP contribution in [0.2, 0.25) is 0 Å². The van der Waals surface area contributed by atoms with Crippen LogP contribution >= 0.6 is 0 Å². The molecule has 1 heteroatoms. The maximum absolute atomic E-state index is 2.48. The molecule has 17 heavy (non-hydrogen) atoms. The number of anilines is 1. The molecule has 0 saturated carbocycles. The molecule has 0 atom stereocenters. The van der Waals surface area contributed by atoms with Crippen LogP contribution in [0.3, 0.4) is 0 Å². The van der Waals surface area contributed by atoms with Gasteiger partial charge in [0.05, 0.1) is 0 Å². The van der Waals surface area contributed by atoms with Crippen LogP contribution in [0, 0.1) is 6.92 Å². The molecule has 0 radical (unpaired) electrons. The van der Waals surface area contributed by atoms with Crippen LogP contribution in [0.1, 0.15) is 16.7 Å². The Labute approximate surface area is 103 Å². The summed E-state index contributed by atoms with van der Waals surface area (Å²) in [7, 11) is 0. The molecule has 0 bridgehead atoms. The van der Waals surface area contributed by atoms with E-state index in [2.05, 4.69) is 60.4 Å². The highest BCUT2D eigenvalue weighted by Gasteiger charge is 2.16. The highest BCUT2D eigenvalue weighted by molar-refractivity contribution is 5.54. The van der Waals surface area contributed by atoms with Crippen molar-refractivity contribution in [2.24, 2.45) is 0 Å². The number of benzene rings is 2. The molecule has 1 heterocycles. The normalized spacial score (nSPS) is 14.5. The van der Waals surface area contributed by atoms with Crippen LogP contribution in [0.25, 0.3) is 0 Å². The Morgan fingerprint density at radius 1 is 0.882 bits per heavy atom. The third-order valence-electron chi connectivity index (χ3n) is 3.59. The lowest BCUT2D eigenvalue weighted by atomic mass is 9.99. The van der Waals surface area contributed by atoms with E-state index in [1.165, 1.54) is 22.4 Å². The summed E-state index contributed by atoms with van der Waals surface area (Å²) in [5.74, 6) is 0. The van der Waals surface area contributed by atoms with Gasteiger partial charge in [-0.2, -0.15) is 0 Å². The van der Waals surface area contributed by atoms with Crippen molar-refractivity contribution in [2.45, 2.75) is 19.9 Å². The molecule has 0 saturated heterocycles. The standard InChI is InChI=1S/C16H17N/c1-13-6-2-5-9-16(13)17-11-10-14-7-3-4-8-15(14)12-17/h2-9H,10-12H2,1H3. The van der Waals surface area contributed by atoms with Gasteiger partial charge in [0.25, 0.3) is 0 Å². The molecule has 1 aliphatic rings. The molecule has 1 nitrogen and oxygen atoms in total. The Hall–Kier alpha value is -1.76. The predicted molar refractivity (Wildman–Crippen MR) is 72.4 cm³/mol. The minimum absolute atomic E-state index is 1.04. The minimum atomic E-state index is 1.04. The molecule has 86 valence electrons. The number of nitrogens with zero attached hydrogens (tertiary/aromatic N) is 1. The number of rotatable bonds is 1. The number of hydrogen-bond donors (Lipinski definition) is 0. The molecule has 0 aliphatic carbocycles. The van der Waals surface area contributed by atoms with Gasteiger partial charge in [-0.05, 0) is 36.1 Å². The van der Waals surface area contributed by atoms with E-state index in [0.29, 0.717) is 0 Å². The second-order valence-electron chi connectivity index (χ2n) is 4.73. The maximum Gasteiger partial charge on any atom is 0.0432 e. The molecule has 2 aromatic carbocycles. The van der Waals surface area contributed by atoms with Gasteiger partial charge in [-0.3, -0.25) is 0 Å². The summed E-state index contributed by atoms with van der Waals surface area (Å²) in [5.41, 5.74) is 5.73. The Morgan fingerprint density at radius 2 is 1.59 bits per heavy atom. The van der Waals surface area contributed by atoms with Gasteiger partial charge in [-0.1, -0.05) is 42.5 Å². The summed E-state index contributed by atoms with van der Waals surface area (Å²) >= 11 is 0. The van der Waals surface area contributed by atoms with Crippen molar-refractivity contribution < 1.29 is 0 Å². The fourth-order valence-corrected chi connectivity index (χ4v) is 2.62. The van der Waals surface area contributed by atoms with Crippen LogP contribution in [0.15, 0.2) is 48.5 Å². The summed E-state index contributed by atoms with van der Waals surface area (Å²) in [6.07, 6.45) is 1.16. The molecule has 0 amide bonds. The first-order valence-corrected chi connectivity index (χ1v) is 6.22. The topological polar surface area (TPSA) is 3.24 Å². The van der Waals surface area contributed by atoms with Crippen molar-refractivity contribution in [3.05, 3.63) is 65.2 Å². The second-order valence-corrected chi connectivity index (χ2v) is 4.73. The Bertz CT molecular complexity index is 531. The van der Waals surface area contributed by atoms with Gasteiger partial charge in [0.2, 0.25) is 0 Å². The third-order valence-corrected chi connectivity index (χ3v) is 3.59. The monoisotopic (exact) mass is 223 g/mol. The van der Waals surface area contributed by atoms with Crippen LogP contribution in [0.5, 0.6) is 0 Å². The van der Waals surface area contributed by atoms with Crippen LogP contribution in [0.4, 0.5) is 5.69 Å². The second kappa shape index (κ2) is 4.25. The van der Waals surface area contributed by atoms with Crippen molar-refractivity contribution in [3.8, 4) is 0 Å². The van der Waals surface area contributed by atoms with Crippen LogP contribution in [-0.4, -0.2) is 6.54 Å². The molecule has 0 fully saturated rings. The zero-order valence-electron chi connectivity index (χ0n) is 10.2. The fourth-order valence-electron chi connectivity index (χ4n) is 2.62. The van der Waals surface area contributed by atoms with Gasteiger partial charge >= 0.3 is 0 Å². The third kappa shape index (κ3) is 1.93. The zero-order valence-corrected chi connectivity index (χ0v) is 10.2. The summed E-state index contributed by atoms with van der Waals surface area (Å²) in [6.45, 7) is 4.36. The SMILES string of the molecule is Cc1ccccc1N1CCc2ccccc2C1. The lowest BCUT2D eigenvalue weighted by Gasteiger charge is -2.31. The number of fused-ring (bicyclic) bond motifs is 1. The van der Waals surface area contributed by atoms with E-state index in [1.807, 2.05) is 0 Å². The van der Waals surface area contributed by atoms with Crippen molar-refractivity contribution in [3.63, 3.8) is 0 Å². The van der Waals surface area contributed by atoms with Gasteiger partial charge < -0.3 is 4.90 Å². The first kappa shape index (κ1) is 10.4. The molecule has 3 rings (SSSR count). The molecular formula is C16H17N. The van der Waals surface area contributed by atoms with Crippen molar-refractivity contribution in [1.29, 1.82) is 0 Å². The lowest BCUT2D eigenvalue weighted by molar-refractivity contribution is 0.729. The fraction of sp³-hybridized carbons (Fsp3) is 0.250. The quantitative estimate of drug-likeness (QED) is 0.714. The molecule has 0 aromatic heterocycles. The average molecular weight is 223 g/mol. The van der Waals surface area contributed by atoms with E-state index in [0.717, 1.165) is 19.5 Å².